The Hall–Kier alpha value is -3.95. The van der Waals surface area contributed by atoms with Crippen LogP contribution >= 0.6 is 22.9 Å². The van der Waals surface area contributed by atoms with E-state index in [0.29, 0.717) is 21.8 Å². The number of pyridine rings is 1. The predicted molar refractivity (Wildman–Crippen MR) is 136 cm³/mol. The maximum Gasteiger partial charge on any atom is 0.351 e. The number of benzene rings is 2. The number of aromatic nitrogens is 3. The number of ether oxygens (including phenoxy) is 2. The molecule has 0 spiro atoms. The molecule has 0 saturated carbocycles. The van der Waals surface area contributed by atoms with E-state index in [2.05, 4.69) is 9.97 Å². The molecule has 3 heterocycles. The number of hydrogen-bond donors (Lipinski definition) is 1. The summed E-state index contributed by atoms with van der Waals surface area (Å²) in [7, 11) is 1.31. The summed E-state index contributed by atoms with van der Waals surface area (Å²) in [5.41, 5.74) is 3.72. The maximum absolute atomic E-state index is 13.2. The van der Waals surface area contributed by atoms with Crippen molar-refractivity contribution in [2.24, 2.45) is 0 Å². The van der Waals surface area contributed by atoms with Crippen LogP contribution in [0.2, 0.25) is 5.02 Å². The number of aromatic hydroxyl groups is 1. The highest BCUT2D eigenvalue weighted by atomic mass is 35.5. The van der Waals surface area contributed by atoms with Crippen LogP contribution in [-0.2, 0) is 4.74 Å². The Balaban J connectivity index is 1.51. The van der Waals surface area contributed by atoms with Gasteiger partial charge >= 0.3 is 5.97 Å². The van der Waals surface area contributed by atoms with Crippen molar-refractivity contribution in [2.75, 3.05) is 7.11 Å². The fourth-order valence-corrected chi connectivity index (χ4v) is 5.10. The Morgan fingerprint density at radius 1 is 1.14 bits per heavy atom. The SMILES string of the molecule is COC(=O)c1sc(-n2cnc3cc(-c4ccc(F)nc4)ccc32)cc1O[C@H](C)c1cccc(O)c1Cl. The number of carbonyl (C=O) groups excluding carboxylic acids is 1. The van der Waals surface area contributed by atoms with E-state index in [1.165, 1.54) is 36.8 Å². The van der Waals surface area contributed by atoms with E-state index in [0.717, 1.165) is 16.6 Å². The molecule has 0 fully saturated rings. The number of nitrogens with zero attached hydrogens (tertiary/aromatic N) is 3. The van der Waals surface area contributed by atoms with Gasteiger partial charge in [-0.25, -0.2) is 14.8 Å². The molecular weight excluding hydrogens is 505 g/mol. The van der Waals surface area contributed by atoms with Crippen molar-refractivity contribution in [3.05, 3.63) is 88.5 Å². The summed E-state index contributed by atoms with van der Waals surface area (Å²) in [6, 6.07) is 15.3. The number of carbonyl (C=O) groups is 1. The van der Waals surface area contributed by atoms with E-state index < -0.39 is 18.0 Å². The quantitative estimate of drug-likeness (QED) is 0.200. The van der Waals surface area contributed by atoms with Gasteiger partial charge in [-0.2, -0.15) is 4.39 Å². The van der Waals surface area contributed by atoms with E-state index >= 15 is 0 Å². The van der Waals surface area contributed by atoms with E-state index in [9.17, 15) is 14.3 Å². The number of methoxy groups -OCH3 is 1. The molecule has 0 saturated heterocycles. The molecule has 182 valence electrons. The maximum atomic E-state index is 13.2. The Morgan fingerprint density at radius 3 is 2.69 bits per heavy atom. The van der Waals surface area contributed by atoms with Crippen LogP contribution in [-0.4, -0.2) is 32.7 Å². The Labute approximate surface area is 214 Å². The normalized spacial score (nSPS) is 12.0. The third kappa shape index (κ3) is 4.38. The third-order valence-electron chi connectivity index (χ3n) is 5.65. The van der Waals surface area contributed by atoms with Gasteiger partial charge in [0, 0.05) is 23.4 Å². The van der Waals surface area contributed by atoms with E-state index in [4.69, 9.17) is 21.1 Å². The van der Waals surface area contributed by atoms with Crippen molar-refractivity contribution in [1.29, 1.82) is 0 Å². The fourth-order valence-electron chi connectivity index (χ4n) is 3.82. The summed E-state index contributed by atoms with van der Waals surface area (Å²) in [6.07, 6.45) is 2.57. The zero-order valence-electron chi connectivity index (χ0n) is 19.1. The number of phenolic OH excluding ortho intramolecular Hbond substituents is 1. The van der Waals surface area contributed by atoms with Gasteiger partial charge in [-0.15, -0.1) is 11.3 Å². The zero-order chi connectivity index (χ0) is 25.4. The molecule has 0 radical (unpaired) electrons. The number of thiophene rings is 1. The second-order valence-electron chi connectivity index (χ2n) is 7.90. The highest BCUT2D eigenvalue weighted by Crippen LogP contribution is 2.39. The van der Waals surface area contributed by atoms with Crippen molar-refractivity contribution in [2.45, 2.75) is 13.0 Å². The molecule has 5 rings (SSSR count). The van der Waals surface area contributed by atoms with Crippen molar-refractivity contribution in [1.82, 2.24) is 14.5 Å². The van der Waals surface area contributed by atoms with Gasteiger partial charge in [0.15, 0.2) is 4.88 Å². The van der Waals surface area contributed by atoms with Gasteiger partial charge in [-0.1, -0.05) is 29.8 Å². The molecular formula is C26H19ClFN3O4S. The first-order valence-electron chi connectivity index (χ1n) is 10.8. The number of fused-ring (bicyclic) bond motifs is 1. The summed E-state index contributed by atoms with van der Waals surface area (Å²) in [5, 5.41) is 10.8. The number of halogens is 2. The molecule has 0 aliphatic carbocycles. The van der Waals surface area contributed by atoms with Crippen LogP contribution in [0.3, 0.4) is 0 Å². The Kier molecular flexibility index (Phi) is 6.34. The summed E-state index contributed by atoms with van der Waals surface area (Å²) in [4.78, 5) is 21.0. The molecule has 2 aromatic carbocycles. The third-order valence-corrected chi connectivity index (χ3v) is 7.16. The van der Waals surface area contributed by atoms with Gasteiger partial charge in [0.1, 0.15) is 28.9 Å². The molecule has 7 nitrogen and oxygen atoms in total. The Bertz CT molecular complexity index is 1580. The number of phenols is 1. The van der Waals surface area contributed by atoms with Crippen LogP contribution < -0.4 is 4.74 Å². The first-order chi connectivity index (χ1) is 17.4. The Morgan fingerprint density at radius 2 is 1.94 bits per heavy atom. The lowest BCUT2D eigenvalue weighted by atomic mass is 10.1. The minimum Gasteiger partial charge on any atom is -0.506 e. The van der Waals surface area contributed by atoms with Crippen molar-refractivity contribution in [3.8, 4) is 27.6 Å². The zero-order valence-corrected chi connectivity index (χ0v) is 20.7. The smallest absolute Gasteiger partial charge is 0.351 e. The second kappa shape index (κ2) is 9.60. The molecule has 10 heteroatoms. The topological polar surface area (TPSA) is 86.5 Å². The van der Waals surface area contributed by atoms with Gasteiger partial charge < -0.3 is 14.6 Å². The van der Waals surface area contributed by atoms with Crippen LogP contribution in [0.1, 0.15) is 28.3 Å². The molecule has 0 bridgehead atoms. The van der Waals surface area contributed by atoms with Crippen LogP contribution in [0.4, 0.5) is 4.39 Å². The van der Waals surface area contributed by atoms with Gasteiger partial charge in [-0.05, 0) is 42.8 Å². The van der Waals surface area contributed by atoms with Gasteiger partial charge in [0.25, 0.3) is 0 Å². The molecule has 5 aromatic rings. The van der Waals surface area contributed by atoms with Crippen LogP contribution in [0.25, 0.3) is 27.2 Å². The highest BCUT2D eigenvalue weighted by molar-refractivity contribution is 7.16. The molecule has 0 amide bonds. The van der Waals surface area contributed by atoms with Crippen LogP contribution in [0, 0.1) is 5.95 Å². The van der Waals surface area contributed by atoms with E-state index in [1.54, 1.807) is 37.5 Å². The number of rotatable bonds is 6. The largest absolute Gasteiger partial charge is 0.506 e. The summed E-state index contributed by atoms with van der Waals surface area (Å²) in [6.45, 7) is 1.78. The predicted octanol–water partition coefficient (Wildman–Crippen LogP) is 6.57. The molecule has 1 N–H and O–H groups in total. The van der Waals surface area contributed by atoms with Crippen molar-refractivity contribution in [3.63, 3.8) is 0 Å². The lowest BCUT2D eigenvalue weighted by Gasteiger charge is -2.16. The summed E-state index contributed by atoms with van der Waals surface area (Å²) >= 11 is 7.45. The second-order valence-corrected chi connectivity index (χ2v) is 9.31. The number of hydrogen-bond acceptors (Lipinski definition) is 7. The van der Waals surface area contributed by atoms with E-state index in [1.807, 2.05) is 22.8 Å². The van der Waals surface area contributed by atoms with Crippen molar-refractivity contribution < 1.29 is 23.8 Å². The molecule has 0 aliphatic rings. The first kappa shape index (κ1) is 23.8. The first-order valence-corrected chi connectivity index (χ1v) is 12.0. The minimum absolute atomic E-state index is 0.0514. The molecule has 0 aliphatic heterocycles. The molecule has 1 atom stereocenters. The average molecular weight is 524 g/mol. The molecule has 0 unspecified atom stereocenters. The van der Waals surface area contributed by atoms with Gasteiger partial charge in [0.2, 0.25) is 5.95 Å². The minimum atomic E-state index is -0.554. The van der Waals surface area contributed by atoms with Crippen LogP contribution in [0.15, 0.2) is 67.1 Å². The highest BCUT2D eigenvalue weighted by Gasteiger charge is 2.23. The molecule has 36 heavy (non-hydrogen) atoms. The lowest BCUT2D eigenvalue weighted by molar-refractivity contribution is 0.0600. The van der Waals surface area contributed by atoms with Crippen LogP contribution in [0.5, 0.6) is 11.5 Å². The van der Waals surface area contributed by atoms with Gasteiger partial charge in [-0.3, -0.25) is 4.57 Å². The number of esters is 1. The summed E-state index contributed by atoms with van der Waals surface area (Å²) in [5.74, 6) is -0.804. The monoisotopic (exact) mass is 523 g/mol. The standard InChI is InChI=1S/C26H19ClFN3O4S/c1-14(17-4-3-5-20(32)24(17)27)35-21-11-23(36-25(21)26(33)34-2)31-13-30-18-10-15(6-8-19(18)31)16-7-9-22(28)29-12-16/h3-14,32H,1-2H3/t14-/m1/s1. The summed E-state index contributed by atoms with van der Waals surface area (Å²) < 4.78 is 26.1. The van der Waals surface area contributed by atoms with Gasteiger partial charge in [0.05, 0.1) is 23.2 Å². The lowest BCUT2D eigenvalue weighted by Crippen LogP contribution is -2.07. The molecule has 3 aromatic heterocycles. The number of imidazole rings is 1. The van der Waals surface area contributed by atoms with Crippen molar-refractivity contribution >= 4 is 39.9 Å². The average Bonchev–Trinajstić information content (AvgIpc) is 3.49. The fraction of sp³-hybridized carbons (Fsp3) is 0.115. The van der Waals surface area contributed by atoms with E-state index in [-0.39, 0.29) is 15.6 Å².